The zero-order valence-electron chi connectivity index (χ0n) is 35.8. The number of hydrogen-bond acceptors (Lipinski definition) is 8. The molecule has 0 saturated carbocycles. The van der Waals surface area contributed by atoms with Crippen LogP contribution in [0.15, 0.2) is 85.1 Å². The number of nitrogens with zero attached hydrogens (tertiary/aromatic N) is 1. The van der Waals surface area contributed by atoms with Crippen molar-refractivity contribution in [3.05, 3.63) is 85.1 Å². The van der Waals surface area contributed by atoms with Gasteiger partial charge in [0.05, 0.1) is 27.7 Å². The second-order valence-electron chi connectivity index (χ2n) is 15.0. The molecule has 56 heavy (non-hydrogen) atoms. The molecule has 0 aliphatic carbocycles. The molecule has 0 N–H and O–H groups in total. The molecule has 0 rings (SSSR count). The summed E-state index contributed by atoms with van der Waals surface area (Å²) in [5.74, 6) is -0.952. The Hall–Kier alpha value is -2.81. The zero-order chi connectivity index (χ0) is 41.4. The number of phosphoric acid groups is 1. The molecule has 0 aromatic rings. The summed E-state index contributed by atoms with van der Waals surface area (Å²) >= 11 is 0. The number of carbonyl (C=O) groups excluding carboxylic acids is 2. The fraction of sp³-hybridized carbons (Fsp3) is 0.652. The van der Waals surface area contributed by atoms with Gasteiger partial charge in [0.2, 0.25) is 0 Å². The SMILES string of the molecule is CC/C=C\C/C=C\C/C=C\C/C=C\C/C=C\C/C=C\CCC(=O)OC(COC(=O)CCCCCCC/C=C\CCCCCC)COP(=O)([O-])OCC[N+](C)(C)C. The molecule has 0 aromatic carbocycles. The summed E-state index contributed by atoms with van der Waals surface area (Å²) in [6, 6.07) is 0. The molecule has 2 atom stereocenters. The lowest BCUT2D eigenvalue weighted by Crippen LogP contribution is -2.37. The van der Waals surface area contributed by atoms with Crippen LogP contribution in [-0.2, 0) is 32.7 Å². The zero-order valence-corrected chi connectivity index (χ0v) is 36.7. The molecule has 0 saturated heterocycles. The Kier molecular flexibility index (Phi) is 35.9. The number of phosphoric ester groups is 1. The highest BCUT2D eigenvalue weighted by Crippen LogP contribution is 2.38. The minimum atomic E-state index is -4.65. The van der Waals surface area contributed by atoms with E-state index >= 15 is 0 Å². The number of carbonyl (C=O) groups is 2. The van der Waals surface area contributed by atoms with E-state index in [1.807, 2.05) is 33.3 Å². The van der Waals surface area contributed by atoms with Crippen LogP contribution in [0.4, 0.5) is 0 Å². The van der Waals surface area contributed by atoms with Gasteiger partial charge in [0.1, 0.15) is 19.8 Å². The number of allylic oxidation sites excluding steroid dienone is 14. The number of unbranched alkanes of at least 4 members (excludes halogenated alkanes) is 9. The number of ether oxygens (including phenoxy) is 2. The Balaban J connectivity index is 4.55. The minimum Gasteiger partial charge on any atom is -0.756 e. The molecule has 0 bridgehead atoms. The monoisotopic (exact) mass is 804 g/mol. The van der Waals surface area contributed by atoms with Gasteiger partial charge in [-0.05, 0) is 77.0 Å². The van der Waals surface area contributed by atoms with Gasteiger partial charge in [-0.25, -0.2) is 0 Å². The first kappa shape index (κ1) is 53.2. The van der Waals surface area contributed by atoms with E-state index in [-0.39, 0.29) is 26.1 Å². The highest BCUT2D eigenvalue weighted by atomic mass is 31.2. The molecule has 0 fully saturated rings. The van der Waals surface area contributed by atoms with E-state index in [0.29, 0.717) is 23.9 Å². The van der Waals surface area contributed by atoms with Crippen LogP contribution in [0.2, 0.25) is 0 Å². The average molecular weight is 804 g/mol. The van der Waals surface area contributed by atoms with Crippen LogP contribution in [-0.4, -0.2) is 70.0 Å². The number of quaternary nitrogens is 1. The molecule has 2 unspecified atom stereocenters. The van der Waals surface area contributed by atoms with Gasteiger partial charge in [-0.15, -0.1) is 0 Å². The van der Waals surface area contributed by atoms with E-state index in [9.17, 15) is 19.0 Å². The van der Waals surface area contributed by atoms with Gasteiger partial charge < -0.3 is 27.9 Å². The van der Waals surface area contributed by atoms with Crippen LogP contribution in [0, 0.1) is 0 Å². The maximum atomic E-state index is 12.6. The normalized spacial score (nSPS) is 14.5. The Labute approximate surface area is 341 Å². The highest BCUT2D eigenvalue weighted by Gasteiger charge is 2.21. The molecule has 0 amide bonds. The molecule has 10 heteroatoms. The number of rotatable bonds is 37. The number of esters is 2. The summed E-state index contributed by atoms with van der Waals surface area (Å²) in [6.07, 6.45) is 47.7. The molecule has 0 spiro atoms. The van der Waals surface area contributed by atoms with E-state index in [1.54, 1.807) is 0 Å². The first-order valence-corrected chi connectivity index (χ1v) is 22.8. The molecule has 0 heterocycles. The second kappa shape index (κ2) is 37.7. The maximum Gasteiger partial charge on any atom is 0.306 e. The van der Waals surface area contributed by atoms with Gasteiger partial charge in [0.25, 0.3) is 7.82 Å². The van der Waals surface area contributed by atoms with Gasteiger partial charge in [-0.1, -0.05) is 137 Å². The lowest BCUT2D eigenvalue weighted by atomic mass is 10.1. The third-order valence-electron chi connectivity index (χ3n) is 8.41. The Morgan fingerprint density at radius 3 is 1.59 bits per heavy atom. The molecule has 320 valence electrons. The number of likely N-dealkylation sites (N-methyl/N-ethyl adjacent to an activating group) is 1. The summed E-state index contributed by atoms with van der Waals surface area (Å²) < 4.78 is 33.7. The van der Waals surface area contributed by atoms with Gasteiger partial charge in [0.15, 0.2) is 6.10 Å². The van der Waals surface area contributed by atoms with E-state index in [0.717, 1.165) is 70.6 Å². The standard InChI is InChI=1S/C46H78NO8P/c1-6-8-10-12-14-16-18-20-21-22-23-24-25-27-29-31-33-35-37-39-46(49)55-44(43-54-56(50,51)53-41-40-47(3,4)5)42-52-45(48)38-36-34-32-30-28-26-19-17-15-13-11-9-7-2/h8,10,14,16-17,19-21,23-24,27,29,33,35,44H,6-7,9,11-13,15,18,22,25-26,28,30-32,34,36-43H2,1-5H3/b10-8-,16-14-,19-17-,21-20-,24-23-,29-27-,35-33-. The highest BCUT2D eigenvalue weighted by molar-refractivity contribution is 7.45. The third-order valence-corrected chi connectivity index (χ3v) is 9.38. The summed E-state index contributed by atoms with van der Waals surface area (Å²) in [5, 5.41) is 0. The van der Waals surface area contributed by atoms with Gasteiger partial charge in [0, 0.05) is 12.8 Å². The van der Waals surface area contributed by atoms with Crippen LogP contribution in [0.1, 0.15) is 142 Å². The predicted molar refractivity (Wildman–Crippen MR) is 231 cm³/mol. The van der Waals surface area contributed by atoms with Crippen LogP contribution >= 0.6 is 7.82 Å². The predicted octanol–water partition coefficient (Wildman–Crippen LogP) is 11.4. The third kappa shape index (κ3) is 40.8. The Morgan fingerprint density at radius 1 is 0.571 bits per heavy atom. The van der Waals surface area contributed by atoms with Crippen molar-refractivity contribution in [2.75, 3.05) is 47.5 Å². The summed E-state index contributed by atoms with van der Waals surface area (Å²) in [5.41, 5.74) is 0. The Bertz CT molecular complexity index is 1230. The lowest BCUT2D eigenvalue weighted by Gasteiger charge is -2.28. The van der Waals surface area contributed by atoms with Crippen molar-refractivity contribution in [1.29, 1.82) is 0 Å². The van der Waals surface area contributed by atoms with E-state index in [1.165, 1.54) is 32.1 Å². The van der Waals surface area contributed by atoms with Crippen LogP contribution in [0.25, 0.3) is 0 Å². The maximum absolute atomic E-state index is 12.6. The number of hydrogen-bond donors (Lipinski definition) is 0. The second-order valence-corrected chi connectivity index (χ2v) is 16.4. The van der Waals surface area contributed by atoms with Crippen molar-refractivity contribution in [2.45, 2.75) is 148 Å². The molecule has 0 aliphatic heterocycles. The summed E-state index contributed by atoms with van der Waals surface area (Å²) in [7, 11) is 1.10. The first-order valence-electron chi connectivity index (χ1n) is 21.3. The van der Waals surface area contributed by atoms with Crippen molar-refractivity contribution in [3.63, 3.8) is 0 Å². The van der Waals surface area contributed by atoms with Crippen molar-refractivity contribution in [2.24, 2.45) is 0 Å². The van der Waals surface area contributed by atoms with Crippen LogP contribution < -0.4 is 4.89 Å². The largest absolute Gasteiger partial charge is 0.756 e. The van der Waals surface area contributed by atoms with Crippen molar-refractivity contribution in [3.8, 4) is 0 Å². The molecular formula is C46H78NO8P. The summed E-state index contributed by atoms with van der Waals surface area (Å²) in [6.45, 7) is 3.97. The minimum absolute atomic E-state index is 0.0501. The topological polar surface area (TPSA) is 111 Å². The first-order chi connectivity index (χ1) is 27.0. The quantitative estimate of drug-likeness (QED) is 0.0201. The lowest BCUT2D eigenvalue weighted by molar-refractivity contribution is -0.870. The molecular weight excluding hydrogens is 725 g/mol. The van der Waals surface area contributed by atoms with Crippen LogP contribution in [0.5, 0.6) is 0 Å². The molecule has 9 nitrogen and oxygen atoms in total. The van der Waals surface area contributed by atoms with Crippen molar-refractivity contribution < 1.29 is 42.1 Å². The van der Waals surface area contributed by atoms with Crippen LogP contribution in [0.3, 0.4) is 0 Å². The fourth-order valence-corrected chi connectivity index (χ4v) is 5.81. The van der Waals surface area contributed by atoms with E-state index in [4.69, 9.17) is 18.5 Å². The van der Waals surface area contributed by atoms with Crippen molar-refractivity contribution >= 4 is 19.8 Å². The summed E-state index contributed by atoms with van der Waals surface area (Å²) in [4.78, 5) is 37.4. The van der Waals surface area contributed by atoms with Gasteiger partial charge in [-0.2, -0.15) is 0 Å². The van der Waals surface area contributed by atoms with Crippen molar-refractivity contribution in [1.82, 2.24) is 0 Å². The smallest absolute Gasteiger partial charge is 0.306 e. The van der Waals surface area contributed by atoms with E-state index in [2.05, 4.69) is 86.8 Å². The van der Waals surface area contributed by atoms with Gasteiger partial charge >= 0.3 is 11.9 Å². The van der Waals surface area contributed by atoms with E-state index < -0.39 is 32.5 Å². The molecule has 0 radical (unpaired) electrons. The molecule has 0 aromatic heterocycles. The average Bonchev–Trinajstić information content (AvgIpc) is 3.15. The Morgan fingerprint density at radius 2 is 1.05 bits per heavy atom. The fourth-order valence-electron chi connectivity index (χ4n) is 5.08. The molecule has 0 aliphatic rings. The van der Waals surface area contributed by atoms with Gasteiger partial charge in [-0.3, -0.25) is 14.2 Å².